The molecule has 0 aliphatic heterocycles. The summed E-state index contributed by atoms with van der Waals surface area (Å²) in [5.74, 6) is -0.0747. The van der Waals surface area contributed by atoms with Gasteiger partial charge in [0.05, 0.1) is 10.2 Å². The van der Waals surface area contributed by atoms with Gasteiger partial charge in [-0.05, 0) is 66.7 Å². The Balaban J connectivity index is 1.54. The molecule has 156 valence electrons. The van der Waals surface area contributed by atoms with Crippen LogP contribution in [0.1, 0.15) is 41.5 Å². The van der Waals surface area contributed by atoms with E-state index < -0.39 is 5.41 Å². The standard InChI is InChI=1S/C25H23N3O2S/c1-25(2,3)22(29)17-8-13-20-21(14-17)31-24(28-20)16-6-11-19(12-7-16)27-23(30)15-4-9-18(26)10-5-15/h4-14H,26H2,1-3H3,(H,27,30). The van der Waals surface area contributed by atoms with E-state index in [9.17, 15) is 9.59 Å². The van der Waals surface area contributed by atoms with Gasteiger partial charge in [-0.2, -0.15) is 0 Å². The Hall–Kier alpha value is -3.51. The third-order valence-corrected chi connectivity index (χ3v) is 5.96. The Labute approximate surface area is 184 Å². The van der Waals surface area contributed by atoms with E-state index >= 15 is 0 Å². The lowest BCUT2D eigenvalue weighted by Gasteiger charge is -2.16. The SMILES string of the molecule is CC(C)(C)C(=O)c1ccc2nc(-c3ccc(NC(=O)c4ccc(N)cc4)cc3)sc2c1. The monoisotopic (exact) mass is 429 g/mol. The fourth-order valence-electron chi connectivity index (χ4n) is 3.16. The number of aromatic nitrogens is 1. The molecular formula is C25H23N3O2S. The predicted octanol–water partition coefficient (Wildman–Crippen LogP) is 6.03. The zero-order valence-corrected chi connectivity index (χ0v) is 18.4. The highest BCUT2D eigenvalue weighted by atomic mass is 32.1. The molecule has 0 bridgehead atoms. The Morgan fingerprint density at radius 3 is 2.19 bits per heavy atom. The lowest BCUT2D eigenvalue weighted by molar-refractivity contribution is 0.0858. The highest BCUT2D eigenvalue weighted by Gasteiger charge is 2.23. The number of rotatable bonds is 4. The molecule has 31 heavy (non-hydrogen) atoms. The molecule has 5 nitrogen and oxygen atoms in total. The molecule has 1 aromatic heterocycles. The van der Waals surface area contributed by atoms with Crippen molar-refractivity contribution >= 4 is 44.6 Å². The first-order chi connectivity index (χ1) is 14.7. The summed E-state index contributed by atoms with van der Waals surface area (Å²) in [4.78, 5) is 29.6. The number of nitrogens with two attached hydrogens (primary N) is 1. The number of ketones is 1. The van der Waals surface area contributed by atoms with Gasteiger partial charge in [-0.25, -0.2) is 4.98 Å². The van der Waals surface area contributed by atoms with Crippen LogP contribution in [0.4, 0.5) is 11.4 Å². The molecule has 1 amide bonds. The molecule has 0 aliphatic carbocycles. The molecule has 3 aromatic carbocycles. The van der Waals surface area contributed by atoms with E-state index in [2.05, 4.69) is 5.32 Å². The minimum absolute atomic E-state index is 0.116. The van der Waals surface area contributed by atoms with Crippen molar-refractivity contribution in [3.63, 3.8) is 0 Å². The average molecular weight is 430 g/mol. The van der Waals surface area contributed by atoms with Crippen LogP contribution in [-0.2, 0) is 0 Å². The van der Waals surface area contributed by atoms with Crippen molar-refractivity contribution in [2.75, 3.05) is 11.1 Å². The number of Topliss-reactive ketones (excluding diaryl/α,β-unsaturated/α-hetero) is 1. The zero-order valence-electron chi connectivity index (χ0n) is 17.6. The van der Waals surface area contributed by atoms with E-state index in [1.54, 1.807) is 35.6 Å². The molecule has 0 radical (unpaired) electrons. The van der Waals surface area contributed by atoms with Gasteiger partial charge in [-0.1, -0.05) is 20.8 Å². The van der Waals surface area contributed by atoms with Crippen molar-refractivity contribution in [3.8, 4) is 10.6 Å². The second kappa shape index (κ2) is 7.96. The molecule has 3 N–H and O–H groups in total. The number of hydrogen-bond acceptors (Lipinski definition) is 5. The summed E-state index contributed by atoms with van der Waals surface area (Å²) in [6.07, 6.45) is 0. The van der Waals surface area contributed by atoms with Crippen LogP contribution in [0.5, 0.6) is 0 Å². The maximum atomic E-state index is 12.6. The Morgan fingerprint density at radius 1 is 0.903 bits per heavy atom. The molecule has 4 rings (SSSR count). The van der Waals surface area contributed by atoms with Gasteiger partial charge in [0.25, 0.3) is 5.91 Å². The van der Waals surface area contributed by atoms with Crippen LogP contribution >= 0.6 is 11.3 Å². The minimum atomic E-state index is -0.423. The molecule has 0 fully saturated rings. The van der Waals surface area contributed by atoms with Crippen LogP contribution in [0.15, 0.2) is 66.7 Å². The van der Waals surface area contributed by atoms with Gasteiger partial charge in [0.1, 0.15) is 5.01 Å². The Morgan fingerprint density at radius 2 is 1.55 bits per heavy atom. The van der Waals surface area contributed by atoms with Crippen LogP contribution < -0.4 is 11.1 Å². The van der Waals surface area contributed by atoms with Crippen LogP contribution in [0.3, 0.4) is 0 Å². The largest absolute Gasteiger partial charge is 0.399 e. The summed E-state index contributed by atoms with van der Waals surface area (Å²) < 4.78 is 0.978. The van der Waals surface area contributed by atoms with Crippen molar-refractivity contribution < 1.29 is 9.59 Å². The fraction of sp³-hybridized carbons (Fsp3) is 0.160. The van der Waals surface area contributed by atoms with E-state index in [0.29, 0.717) is 22.5 Å². The molecule has 0 aliphatic rings. The van der Waals surface area contributed by atoms with Crippen molar-refractivity contribution in [2.24, 2.45) is 5.41 Å². The second-order valence-corrected chi connectivity index (χ2v) is 9.46. The molecule has 0 atom stereocenters. The number of benzene rings is 3. The van der Waals surface area contributed by atoms with Gasteiger partial charge in [0, 0.05) is 33.5 Å². The third kappa shape index (κ3) is 4.49. The van der Waals surface area contributed by atoms with Crippen molar-refractivity contribution in [3.05, 3.63) is 77.9 Å². The van der Waals surface area contributed by atoms with Crippen molar-refractivity contribution in [1.82, 2.24) is 4.98 Å². The first-order valence-corrected chi connectivity index (χ1v) is 10.7. The summed E-state index contributed by atoms with van der Waals surface area (Å²) >= 11 is 1.55. The maximum absolute atomic E-state index is 12.6. The highest BCUT2D eigenvalue weighted by molar-refractivity contribution is 7.21. The van der Waals surface area contributed by atoms with E-state index in [1.807, 2.05) is 63.2 Å². The first-order valence-electron chi connectivity index (χ1n) is 9.93. The molecule has 0 spiro atoms. The zero-order chi connectivity index (χ0) is 22.2. The van der Waals surface area contributed by atoms with Gasteiger partial charge < -0.3 is 11.1 Å². The molecule has 4 aromatic rings. The molecule has 0 saturated carbocycles. The summed E-state index contributed by atoms with van der Waals surface area (Å²) in [6, 6.07) is 20.0. The first kappa shape index (κ1) is 20.8. The molecular weight excluding hydrogens is 406 g/mol. The topological polar surface area (TPSA) is 85.1 Å². The second-order valence-electron chi connectivity index (χ2n) is 8.43. The number of nitrogen functional groups attached to an aromatic ring is 1. The third-order valence-electron chi connectivity index (χ3n) is 4.89. The smallest absolute Gasteiger partial charge is 0.255 e. The number of nitrogens with zero attached hydrogens (tertiary/aromatic N) is 1. The van der Waals surface area contributed by atoms with E-state index in [1.165, 1.54) is 0 Å². The lowest BCUT2D eigenvalue weighted by atomic mass is 9.86. The Kier molecular flexibility index (Phi) is 5.33. The normalized spacial score (nSPS) is 11.5. The molecule has 0 saturated heterocycles. The van der Waals surface area contributed by atoms with Gasteiger partial charge in [-0.15, -0.1) is 11.3 Å². The van der Waals surface area contributed by atoms with Crippen LogP contribution in [0.25, 0.3) is 20.8 Å². The lowest BCUT2D eigenvalue weighted by Crippen LogP contribution is -2.19. The molecule has 6 heteroatoms. The van der Waals surface area contributed by atoms with Gasteiger partial charge in [0.15, 0.2) is 5.78 Å². The summed E-state index contributed by atoms with van der Waals surface area (Å²) in [6.45, 7) is 5.77. The number of carbonyl (C=O) groups excluding carboxylic acids is 2. The number of anilines is 2. The van der Waals surface area contributed by atoms with Crippen molar-refractivity contribution in [2.45, 2.75) is 20.8 Å². The van der Waals surface area contributed by atoms with E-state index in [4.69, 9.17) is 10.7 Å². The van der Waals surface area contributed by atoms with Crippen LogP contribution in [-0.4, -0.2) is 16.7 Å². The van der Waals surface area contributed by atoms with Crippen molar-refractivity contribution in [1.29, 1.82) is 0 Å². The number of amides is 1. The fourth-order valence-corrected chi connectivity index (χ4v) is 4.17. The quantitative estimate of drug-likeness (QED) is 0.306. The molecule has 0 unspecified atom stereocenters. The van der Waals surface area contributed by atoms with Crippen LogP contribution in [0.2, 0.25) is 0 Å². The number of nitrogens with one attached hydrogen (secondary N) is 1. The number of carbonyl (C=O) groups is 2. The number of hydrogen-bond donors (Lipinski definition) is 2. The average Bonchev–Trinajstić information content (AvgIpc) is 3.17. The number of fused-ring (bicyclic) bond motifs is 1. The predicted molar refractivity (Wildman–Crippen MR) is 128 cm³/mol. The number of thiazole rings is 1. The summed E-state index contributed by atoms with van der Waals surface area (Å²) in [7, 11) is 0. The summed E-state index contributed by atoms with van der Waals surface area (Å²) in [5.41, 5.74) is 9.63. The minimum Gasteiger partial charge on any atom is -0.399 e. The van der Waals surface area contributed by atoms with Gasteiger partial charge in [-0.3, -0.25) is 9.59 Å². The highest BCUT2D eigenvalue weighted by Crippen LogP contribution is 2.32. The van der Waals surface area contributed by atoms with E-state index in [0.717, 1.165) is 20.8 Å². The summed E-state index contributed by atoms with van der Waals surface area (Å²) in [5, 5.41) is 3.75. The van der Waals surface area contributed by atoms with E-state index in [-0.39, 0.29) is 11.7 Å². The van der Waals surface area contributed by atoms with Gasteiger partial charge in [0.2, 0.25) is 0 Å². The maximum Gasteiger partial charge on any atom is 0.255 e. The molecule has 1 heterocycles. The van der Waals surface area contributed by atoms with Crippen LogP contribution in [0, 0.1) is 5.41 Å². The van der Waals surface area contributed by atoms with Gasteiger partial charge >= 0.3 is 0 Å². The Bertz CT molecular complexity index is 1270.